The molecule has 1 N–H and O–H groups in total. The Morgan fingerprint density at radius 1 is 1.14 bits per heavy atom. The Hall–Kier alpha value is -0.800. The molecule has 0 aliphatic heterocycles. The highest BCUT2D eigenvalue weighted by Crippen LogP contribution is 2.68. The highest BCUT2D eigenvalue weighted by Gasteiger charge is 2.60. The van der Waals surface area contributed by atoms with Gasteiger partial charge in [0.15, 0.2) is 0 Å². The van der Waals surface area contributed by atoms with Crippen LogP contribution in [-0.2, 0) is 17.8 Å². The molecule has 1 aromatic rings. The Morgan fingerprint density at radius 3 is 2.71 bits per heavy atom. The van der Waals surface area contributed by atoms with E-state index < -0.39 is 0 Å². The van der Waals surface area contributed by atoms with Crippen molar-refractivity contribution in [1.82, 2.24) is 15.0 Å². The Kier molecular flexibility index (Phi) is 7.50. The molecule has 5 rings (SSSR count). The SMILES string of the molecule is C[C@H](CCCn1cc(CC(P)C=O)nn1)C1CC[C@H]2C3CC[C@@H]4C[C@H](O)CC[C@]4(C)C3CC[C@]12C. The number of hydrogen-bond donors (Lipinski definition) is 1. The van der Waals surface area contributed by atoms with Crippen molar-refractivity contribution in [2.24, 2.45) is 46.3 Å². The van der Waals surface area contributed by atoms with Crippen LogP contribution in [0.4, 0.5) is 0 Å². The lowest BCUT2D eigenvalue weighted by Gasteiger charge is -2.61. The standard InChI is InChI=1S/C29H48N3O2P/c1-19(5-4-14-32-17-21(30-31-32)16-23(35)18-33)25-8-9-26-24-7-6-20-15-22(34)10-12-28(20,2)27(24)11-13-29(25,26)3/h17-20,22-27,34H,4-16,35H2,1-3H3/t19-,20-,22-,23?,24?,25?,26+,27?,28+,29-/m1/s1. The van der Waals surface area contributed by atoms with Crippen LogP contribution in [0.25, 0.3) is 0 Å². The molecule has 0 spiro atoms. The summed E-state index contributed by atoms with van der Waals surface area (Å²) in [6.07, 6.45) is 17.8. The topological polar surface area (TPSA) is 68.0 Å². The smallest absolute Gasteiger partial charge is 0.127 e. The normalized spacial score (nSPS) is 42.5. The number of hydrogen-bond acceptors (Lipinski definition) is 4. The van der Waals surface area contributed by atoms with Crippen LogP contribution in [0.15, 0.2) is 6.20 Å². The molecule has 4 fully saturated rings. The lowest BCUT2D eigenvalue weighted by Crippen LogP contribution is -2.54. The molecule has 0 saturated heterocycles. The second-order valence-corrected chi connectivity index (χ2v) is 14.3. The van der Waals surface area contributed by atoms with Gasteiger partial charge in [-0.3, -0.25) is 4.68 Å². The number of carbonyl (C=O) groups is 1. The highest BCUT2D eigenvalue weighted by molar-refractivity contribution is 7.19. The summed E-state index contributed by atoms with van der Waals surface area (Å²) in [6.45, 7) is 8.70. The minimum Gasteiger partial charge on any atom is -0.393 e. The monoisotopic (exact) mass is 501 g/mol. The van der Waals surface area contributed by atoms with Crippen molar-refractivity contribution in [3.05, 3.63) is 11.9 Å². The quantitative estimate of drug-likeness (QED) is 0.367. The highest BCUT2D eigenvalue weighted by atomic mass is 31.0. The van der Waals surface area contributed by atoms with Crippen molar-refractivity contribution in [1.29, 1.82) is 0 Å². The second kappa shape index (κ2) is 10.2. The summed E-state index contributed by atoms with van der Waals surface area (Å²) in [5.41, 5.74) is 1.82. The van der Waals surface area contributed by atoms with Crippen molar-refractivity contribution >= 4 is 15.5 Å². The summed E-state index contributed by atoms with van der Waals surface area (Å²) >= 11 is 0. The largest absolute Gasteiger partial charge is 0.393 e. The van der Waals surface area contributed by atoms with Gasteiger partial charge in [0, 0.05) is 24.8 Å². The zero-order valence-corrected chi connectivity index (χ0v) is 23.4. The average Bonchev–Trinajstić information content (AvgIpc) is 3.42. The third kappa shape index (κ3) is 4.78. The van der Waals surface area contributed by atoms with Gasteiger partial charge in [0.2, 0.25) is 0 Å². The van der Waals surface area contributed by atoms with Crippen LogP contribution in [0, 0.1) is 46.3 Å². The van der Waals surface area contributed by atoms with Crippen molar-refractivity contribution in [3.8, 4) is 0 Å². The van der Waals surface area contributed by atoms with E-state index in [0.717, 1.165) is 73.3 Å². The van der Waals surface area contributed by atoms with E-state index in [9.17, 15) is 9.90 Å². The minimum atomic E-state index is -0.0753. The predicted molar refractivity (Wildman–Crippen MR) is 143 cm³/mol. The Labute approximate surface area is 214 Å². The molecule has 5 nitrogen and oxygen atoms in total. The maximum absolute atomic E-state index is 10.9. The van der Waals surface area contributed by atoms with Gasteiger partial charge < -0.3 is 9.90 Å². The third-order valence-corrected chi connectivity index (χ3v) is 12.0. The molecule has 11 atom stereocenters. The number of nitrogens with zero attached hydrogens (tertiary/aromatic N) is 3. The fourth-order valence-corrected chi connectivity index (χ4v) is 10.1. The van der Waals surface area contributed by atoms with E-state index in [1.54, 1.807) is 0 Å². The maximum Gasteiger partial charge on any atom is 0.127 e. The molecule has 5 unspecified atom stereocenters. The lowest BCUT2D eigenvalue weighted by molar-refractivity contribution is -0.129. The van der Waals surface area contributed by atoms with Gasteiger partial charge in [0.1, 0.15) is 6.29 Å². The Bertz CT molecular complexity index is 891. The van der Waals surface area contributed by atoms with Gasteiger partial charge >= 0.3 is 0 Å². The van der Waals surface area contributed by atoms with Crippen LogP contribution < -0.4 is 0 Å². The van der Waals surface area contributed by atoms with Crippen molar-refractivity contribution in [2.45, 2.75) is 116 Å². The van der Waals surface area contributed by atoms with Gasteiger partial charge in [-0.25, -0.2) is 0 Å². The van der Waals surface area contributed by atoms with E-state index in [2.05, 4.69) is 40.3 Å². The summed E-state index contributed by atoms with van der Waals surface area (Å²) in [5, 5.41) is 18.9. The fourth-order valence-electron chi connectivity index (χ4n) is 9.82. The van der Waals surface area contributed by atoms with Crippen LogP contribution in [0.5, 0.6) is 0 Å². The molecule has 6 heteroatoms. The minimum absolute atomic E-state index is 0.0433. The van der Waals surface area contributed by atoms with Gasteiger partial charge in [-0.05, 0) is 117 Å². The zero-order chi connectivity index (χ0) is 24.8. The van der Waals surface area contributed by atoms with Crippen LogP contribution in [0.1, 0.15) is 97.1 Å². The molecule has 0 amide bonds. The molecule has 0 aromatic carbocycles. The molecule has 4 saturated carbocycles. The van der Waals surface area contributed by atoms with Gasteiger partial charge in [0.25, 0.3) is 0 Å². The van der Waals surface area contributed by atoms with Gasteiger partial charge in [0.05, 0.1) is 11.8 Å². The van der Waals surface area contributed by atoms with Crippen molar-refractivity contribution in [2.75, 3.05) is 0 Å². The van der Waals surface area contributed by atoms with E-state index in [0.29, 0.717) is 17.3 Å². The number of aliphatic hydroxyl groups excluding tert-OH is 1. The number of carbonyl (C=O) groups excluding carboxylic acids is 1. The molecule has 0 radical (unpaired) electrons. The number of rotatable bonds is 8. The summed E-state index contributed by atoms with van der Waals surface area (Å²) < 4.78 is 1.97. The van der Waals surface area contributed by atoms with Crippen LogP contribution in [-0.4, -0.2) is 38.1 Å². The first-order chi connectivity index (χ1) is 16.7. The number of fused-ring (bicyclic) bond motifs is 5. The predicted octanol–water partition coefficient (Wildman–Crippen LogP) is 5.70. The zero-order valence-electron chi connectivity index (χ0n) is 22.2. The number of aromatic nitrogens is 3. The van der Waals surface area contributed by atoms with Crippen LogP contribution >= 0.6 is 9.24 Å². The first-order valence-corrected chi connectivity index (χ1v) is 15.2. The number of aryl methyl sites for hydroxylation is 1. The first kappa shape index (κ1) is 25.8. The van der Waals surface area contributed by atoms with E-state index >= 15 is 0 Å². The second-order valence-electron chi connectivity index (χ2n) is 13.4. The van der Waals surface area contributed by atoms with Gasteiger partial charge in [-0.15, -0.1) is 14.3 Å². The van der Waals surface area contributed by atoms with Crippen molar-refractivity contribution in [3.63, 3.8) is 0 Å². The van der Waals surface area contributed by atoms with Crippen molar-refractivity contribution < 1.29 is 9.90 Å². The number of aldehydes is 1. The van der Waals surface area contributed by atoms with E-state index in [1.807, 2.05) is 10.9 Å². The molecule has 4 aliphatic rings. The first-order valence-electron chi connectivity index (χ1n) is 14.5. The van der Waals surface area contributed by atoms with Crippen LogP contribution in [0.3, 0.4) is 0 Å². The lowest BCUT2D eigenvalue weighted by atomic mass is 9.44. The molecule has 196 valence electrons. The fraction of sp³-hybridized carbons (Fsp3) is 0.897. The van der Waals surface area contributed by atoms with Gasteiger partial charge in [-0.2, -0.15) is 0 Å². The van der Waals surface area contributed by atoms with Crippen LogP contribution in [0.2, 0.25) is 0 Å². The summed E-state index contributed by atoms with van der Waals surface area (Å²) in [5.74, 6) is 5.09. The maximum atomic E-state index is 10.9. The average molecular weight is 502 g/mol. The molecule has 0 bridgehead atoms. The molecular weight excluding hydrogens is 453 g/mol. The summed E-state index contributed by atoms with van der Waals surface area (Å²) in [6, 6.07) is 0. The molecule has 1 heterocycles. The Balaban J connectivity index is 1.18. The van der Waals surface area contributed by atoms with Gasteiger partial charge in [-0.1, -0.05) is 26.0 Å². The Morgan fingerprint density at radius 2 is 1.91 bits per heavy atom. The number of aliphatic hydroxyl groups is 1. The summed E-state index contributed by atoms with van der Waals surface area (Å²) in [4.78, 5) is 10.9. The van der Waals surface area contributed by atoms with E-state index in [4.69, 9.17) is 0 Å². The summed E-state index contributed by atoms with van der Waals surface area (Å²) in [7, 11) is 2.56. The molecule has 35 heavy (non-hydrogen) atoms. The third-order valence-electron chi connectivity index (χ3n) is 11.7. The molecule has 4 aliphatic carbocycles. The van der Waals surface area contributed by atoms with E-state index in [1.165, 1.54) is 51.4 Å². The van der Waals surface area contributed by atoms with E-state index in [-0.39, 0.29) is 11.8 Å². The molecular formula is C29H48N3O2P. The molecule has 1 aromatic heterocycles.